The van der Waals surface area contributed by atoms with Crippen LogP contribution in [0.2, 0.25) is 0 Å². The molecule has 9 nitrogen and oxygen atoms in total. The molecule has 2 aliphatic heterocycles. The highest BCUT2D eigenvalue weighted by Gasteiger charge is 2.59. The molecule has 1 saturated heterocycles. The number of aromatic nitrogens is 1. The Morgan fingerprint density at radius 1 is 1.00 bits per heavy atom. The van der Waals surface area contributed by atoms with Crippen LogP contribution in [0.5, 0.6) is 11.5 Å². The molecule has 0 aliphatic carbocycles. The highest BCUT2D eigenvalue weighted by Crippen LogP contribution is 2.45. The summed E-state index contributed by atoms with van der Waals surface area (Å²) in [6, 6.07) is 19.5. The minimum Gasteiger partial charge on any atom is -0.493 e. The number of hydrogen-bond donors (Lipinski definition) is 2. The van der Waals surface area contributed by atoms with E-state index in [1.165, 1.54) is 0 Å². The summed E-state index contributed by atoms with van der Waals surface area (Å²) in [5.41, 5.74) is 2.81. The maximum atomic E-state index is 14.1. The van der Waals surface area contributed by atoms with Crippen LogP contribution in [0.3, 0.4) is 0 Å². The molecule has 0 radical (unpaired) electrons. The Hall–Kier alpha value is -4.79. The van der Waals surface area contributed by atoms with E-state index in [0.717, 1.165) is 32.6 Å². The number of para-hydroxylation sites is 2. The minimum atomic E-state index is -1.20. The molecule has 0 bridgehead atoms. The van der Waals surface area contributed by atoms with E-state index in [4.69, 9.17) is 9.47 Å². The second kappa shape index (κ2) is 9.20. The van der Waals surface area contributed by atoms with Gasteiger partial charge in [-0.15, -0.1) is 0 Å². The molecule has 3 heterocycles. The Labute approximate surface area is 225 Å². The van der Waals surface area contributed by atoms with E-state index in [1.807, 2.05) is 30.3 Å². The number of rotatable bonds is 6. The van der Waals surface area contributed by atoms with Crippen molar-refractivity contribution in [2.45, 2.75) is 25.4 Å². The normalized spacial score (nSPS) is 18.2. The van der Waals surface area contributed by atoms with Crippen molar-refractivity contribution in [1.29, 1.82) is 0 Å². The van der Waals surface area contributed by atoms with Crippen molar-refractivity contribution in [1.82, 2.24) is 15.2 Å². The van der Waals surface area contributed by atoms with Gasteiger partial charge in [-0.05, 0) is 54.8 Å². The lowest BCUT2D eigenvalue weighted by atomic mass is 9.87. The van der Waals surface area contributed by atoms with Gasteiger partial charge in [0.1, 0.15) is 0 Å². The van der Waals surface area contributed by atoms with Gasteiger partial charge in [0.05, 0.1) is 31.2 Å². The highest BCUT2D eigenvalue weighted by molar-refractivity contribution is 6.25. The largest absolute Gasteiger partial charge is 0.493 e. The molecule has 9 heteroatoms. The number of imide groups is 1. The van der Waals surface area contributed by atoms with Crippen molar-refractivity contribution in [2.75, 3.05) is 25.7 Å². The second-order valence-corrected chi connectivity index (χ2v) is 9.81. The predicted octanol–water partition coefficient (Wildman–Crippen LogP) is 4.36. The summed E-state index contributed by atoms with van der Waals surface area (Å²) in [5.74, 6) is 0.355. The standard InChI is InChI=1S/C30H28N4O5/c1-30-26-20(19-8-4-6-10-22(19)32-26)14-15-33(30)29(37)34(28(30)36)23-11-7-5-9-21(23)27(35)31-17-18-12-13-24(38-2)25(16-18)39-3/h4-13,16,32H,14-15,17H2,1-3H3,(H,31,35). The molecule has 2 aliphatic rings. The molecule has 39 heavy (non-hydrogen) atoms. The predicted molar refractivity (Wildman–Crippen MR) is 146 cm³/mol. The number of fused-ring (bicyclic) bond motifs is 5. The van der Waals surface area contributed by atoms with E-state index < -0.39 is 17.5 Å². The van der Waals surface area contributed by atoms with Crippen molar-refractivity contribution in [3.8, 4) is 11.5 Å². The molecule has 1 fully saturated rings. The number of benzene rings is 3. The molecule has 2 N–H and O–H groups in total. The molecule has 4 amide bonds. The third-order valence-electron chi connectivity index (χ3n) is 7.76. The third-order valence-corrected chi connectivity index (χ3v) is 7.76. The minimum absolute atomic E-state index is 0.220. The topological polar surface area (TPSA) is 104 Å². The Morgan fingerprint density at radius 2 is 1.74 bits per heavy atom. The van der Waals surface area contributed by atoms with Gasteiger partial charge in [0.15, 0.2) is 17.0 Å². The molecule has 3 aromatic carbocycles. The van der Waals surface area contributed by atoms with Crippen molar-refractivity contribution >= 4 is 34.4 Å². The zero-order valence-electron chi connectivity index (χ0n) is 21.9. The average Bonchev–Trinajstić information content (AvgIpc) is 3.44. The number of H-pyrrole nitrogens is 1. The number of aromatic amines is 1. The fourth-order valence-corrected chi connectivity index (χ4v) is 5.73. The van der Waals surface area contributed by atoms with Crippen LogP contribution in [0, 0.1) is 0 Å². The summed E-state index contributed by atoms with van der Waals surface area (Å²) in [4.78, 5) is 47.3. The van der Waals surface area contributed by atoms with Crippen molar-refractivity contribution < 1.29 is 23.9 Å². The fraction of sp³-hybridized carbons (Fsp3) is 0.233. The molecule has 1 atom stereocenters. The number of ether oxygens (including phenoxy) is 2. The van der Waals surface area contributed by atoms with E-state index in [-0.39, 0.29) is 23.7 Å². The Bertz CT molecular complexity index is 1640. The first-order valence-electron chi connectivity index (χ1n) is 12.7. The van der Waals surface area contributed by atoms with Crippen LogP contribution in [0.4, 0.5) is 10.5 Å². The molecular weight excluding hydrogens is 496 g/mol. The highest BCUT2D eigenvalue weighted by atomic mass is 16.5. The van der Waals surface area contributed by atoms with Crippen LogP contribution in [0.1, 0.15) is 34.1 Å². The number of amides is 4. The summed E-state index contributed by atoms with van der Waals surface area (Å²) in [6.45, 7) is 2.40. The third kappa shape index (κ3) is 3.64. The molecule has 4 aromatic rings. The average molecular weight is 525 g/mol. The van der Waals surface area contributed by atoms with Gasteiger partial charge < -0.3 is 24.7 Å². The van der Waals surface area contributed by atoms with Gasteiger partial charge in [-0.1, -0.05) is 36.4 Å². The lowest BCUT2D eigenvalue weighted by Crippen LogP contribution is -2.49. The van der Waals surface area contributed by atoms with Crippen LogP contribution >= 0.6 is 0 Å². The first-order chi connectivity index (χ1) is 18.9. The molecule has 6 rings (SSSR count). The summed E-state index contributed by atoms with van der Waals surface area (Å²) in [6.07, 6.45) is 0.634. The summed E-state index contributed by atoms with van der Waals surface area (Å²) >= 11 is 0. The maximum absolute atomic E-state index is 14.1. The number of hydrogen-bond acceptors (Lipinski definition) is 5. The lowest BCUT2D eigenvalue weighted by molar-refractivity contribution is -0.125. The number of nitrogens with one attached hydrogen (secondary N) is 2. The van der Waals surface area contributed by atoms with Crippen molar-refractivity contribution in [3.63, 3.8) is 0 Å². The molecule has 198 valence electrons. The Kier molecular flexibility index (Phi) is 5.79. The van der Waals surface area contributed by atoms with E-state index in [1.54, 1.807) is 62.4 Å². The second-order valence-electron chi connectivity index (χ2n) is 9.81. The number of nitrogens with zero attached hydrogens (tertiary/aromatic N) is 2. The quantitative estimate of drug-likeness (QED) is 0.365. The zero-order valence-corrected chi connectivity index (χ0v) is 21.9. The number of anilines is 1. The fourth-order valence-electron chi connectivity index (χ4n) is 5.73. The molecule has 1 aromatic heterocycles. The summed E-state index contributed by atoms with van der Waals surface area (Å²) in [5, 5.41) is 3.96. The van der Waals surface area contributed by atoms with Crippen molar-refractivity contribution in [3.05, 3.63) is 89.1 Å². The maximum Gasteiger partial charge on any atom is 0.332 e. The lowest BCUT2D eigenvalue weighted by Gasteiger charge is -2.35. The van der Waals surface area contributed by atoms with Crippen LogP contribution in [-0.2, 0) is 23.3 Å². The van der Waals surface area contributed by atoms with Gasteiger partial charge >= 0.3 is 6.03 Å². The molecule has 1 unspecified atom stereocenters. The first kappa shape index (κ1) is 24.5. The number of methoxy groups -OCH3 is 2. The number of urea groups is 1. The summed E-state index contributed by atoms with van der Waals surface area (Å²) in [7, 11) is 3.11. The van der Waals surface area contributed by atoms with E-state index in [0.29, 0.717) is 24.5 Å². The van der Waals surface area contributed by atoms with E-state index in [2.05, 4.69) is 10.3 Å². The number of carbonyl (C=O) groups is 3. The van der Waals surface area contributed by atoms with Gasteiger partial charge in [0.2, 0.25) is 0 Å². The smallest absolute Gasteiger partial charge is 0.332 e. The Balaban J connectivity index is 1.32. The van der Waals surface area contributed by atoms with E-state index >= 15 is 0 Å². The number of carbonyl (C=O) groups excluding carboxylic acids is 3. The van der Waals surface area contributed by atoms with E-state index in [9.17, 15) is 14.4 Å². The van der Waals surface area contributed by atoms with Crippen LogP contribution in [-0.4, -0.2) is 48.5 Å². The molecule has 0 saturated carbocycles. The van der Waals surface area contributed by atoms with Gasteiger partial charge in [-0.2, -0.15) is 0 Å². The summed E-state index contributed by atoms with van der Waals surface area (Å²) < 4.78 is 10.6. The molecule has 0 spiro atoms. The Morgan fingerprint density at radius 3 is 2.54 bits per heavy atom. The van der Waals surface area contributed by atoms with Crippen LogP contribution in [0.25, 0.3) is 10.9 Å². The van der Waals surface area contributed by atoms with Gasteiger partial charge in [0, 0.05) is 24.0 Å². The van der Waals surface area contributed by atoms with Crippen molar-refractivity contribution in [2.24, 2.45) is 0 Å². The van der Waals surface area contributed by atoms with Gasteiger partial charge in [0.25, 0.3) is 11.8 Å². The van der Waals surface area contributed by atoms with Gasteiger partial charge in [-0.3, -0.25) is 9.59 Å². The monoisotopic (exact) mass is 524 g/mol. The van der Waals surface area contributed by atoms with Crippen LogP contribution in [0.15, 0.2) is 66.7 Å². The van der Waals surface area contributed by atoms with Gasteiger partial charge in [-0.25, -0.2) is 9.69 Å². The zero-order chi connectivity index (χ0) is 27.3. The molecular formula is C30H28N4O5. The SMILES string of the molecule is COc1ccc(CNC(=O)c2ccccc2N2C(=O)N3CCc4c([nH]c5ccccc45)C3(C)C2=O)cc1OC. The first-order valence-corrected chi connectivity index (χ1v) is 12.7. The van der Waals surface area contributed by atoms with Crippen LogP contribution < -0.4 is 19.7 Å².